The Labute approximate surface area is 120 Å². The monoisotopic (exact) mass is 267 g/mol. The summed E-state index contributed by atoms with van der Waals surface area (Å²) in [6.07, 6.45) is 2.57. The molecular weight excluding hydrogens is 246 g/mol. The second-order valence-electron chi connectivity index (χ2n) is 5.78. The maximum absolute atomic E-state index is 4.73. The topological polar surface area (TPSA) is 37.8 Å². The van der Waals surface area contributed by atoms with Crippen LogP contribution in [0.25, 0.3) is 11.3 Å². The Morgan fingerprint density at radius 2 is 1.90 bits per heavy atom. The van der Waals surface area contributed by atoms with Crippen LogP contribution in [0.4, 0.5) is 0 Å². The zero-order valence-electron chi connectivity index (χ0n) is 12.4. The molecule has 0 aliphatic heterocycles. The van der Waals surface area contributed by atoms with E-state index in [1.165, 1.54) is 29.5 Å². The highest BCUT2D eigenvalue weighted by atomic mass is 15.0. The molecule has 0 unspecified atom stereocenters. The van der Waals surface area contributed by atoms with Crippen LogP contribution < -0.4 is 5.32 Å². The van der Waals surface area contributed by atoms with Gasteiger partial charge in [0.1, 0.15) is 5.82 Å². The number of rotatable bonds is 4. The third-order valence-electron chi connectivity index (χ3n) is 3.70. The number of benzene rings is 1. The normalized spacial score (nSPS) is 14.6. The lowest BCUT2D eigenvalue weighted by Crippen LogP contribution is -2.17. The lowest BCUT2D eigenvalue weighted by Gasteiger charge is -2.10. The number of hydrogen-bond acceptors (Lipinski definition) is 3. The first-order valence-electron chi connectivity index (χ1n) is 7.27. The predicted octanol–water partition coefficient (Wildman–Crippen LogP) is 3.32. The number of aryl methyl sites for hydroxylation is 3. The summed E-state index contributed by atoms with van der Waals surface area (Å²) in [5, 5.41) is 3.48. The first-order chi connectivity index (χ1) is 9.61. The Bertz CT molecular complexity index is 630. The molecule has 0 bridgehead atoms. The van der Waals surface area contributed by atoms with Crippen molar-refractivity contribution in [3.05, 3.63) is 46.9 Å². The summed E-state index contributed by atoms with van der Waals surface area (Å²) in [6.45, 7) is 7.06. The highest BCUT2D eigenvalue weighted by Gasteiger charge is 2.20. The molecule has 0 saturated heterocycles. The van der Waals surface area contributed by atoms with Crippen LogP contribution in [0.3, 0.4) is 0 Å². The smallest absolute Gasteiger partial charge is 0.143 e. The van der Waals surface area contributed by atoms with Crippen molar-refractivity contribution in [2.24, 2.45) is 0 Å². The molecule has 0 amide bonds. The average Bonchev–Trinajstić information content (AvgIpc) is 3.23. The first-order valence-corrected chi connectivity index (χ1v) is 7.27. The number of hydrogen-bond donors (Lipinski definition) is 1. The highest BCUT2D eigenvalue weighted by Crippen LogP contribution is 2.24. The van der Waals surface area contributed by atoms with Crippen molar-refractivity contribution in [3.8, 4) is 11.3 Å². The molecular formula is C17H21N3. The molecule has 1 aliphatic carbocycles. The minimum Gasteiger partial charge on any atom is -0.307 e. The van der Waals surface area contributed by atoms with Gasteiger partial charge in [0.25, 0.3) is 0 Å². The van der Waals surface area contributed by atoms with Crippen molar-refractivity contribution in [1.82, 2.24) is 15.3 Å². The summed E-state index contributed by atoms with van der Waals surface area (Å²) in [7, 11) is 0. The van der Waals surface area contributed by atoms with Gasteiger partial charge >= 0.3 is 0 Å². The lowest BCUT2D eigenvalue weighted by molar-refractivity contribution is 0.656. The Morgan fingerprint density at radius 3 is 2.65 bits per heavy atom. The van der Waals surface area contributed by atoms with Crippen LogP contribution >= 0.6 is 0 Å². The molecule has 1 aromatic carbocycles. The summed E-state index contributed by atoms with van der Waals surface area (Å²) in [6, 6.07) is 9.26. The van der Waals surface area contributed by atoms with E-state index in [9.17, 15) is 0 Å². The fourth-order valence-corrected chi connectivity index (χ4v) is 2.38. The van der Waals surface area contributed by atoms with Crippen molar-refractivity contribution in [2.45, 2.75) is 46.2 Å². The molecule has 0 radical (unpaired) electrons. The minimum absolute atomic E-state index is 0.684. The minimum atomic E-state index is 0.684. The summed E-state index contributed by atoms with van der Waals surface area (Å²) >= 11 is 0. The summed E-state index contributed by atoms with van der Waals surface area (Å²) in [4.78, 5) is 9.27. The van der Waals surface area contributed by atoms with Crippen molar-refractivity contribution in [3.63, 3.8) is 0 Å². The van der Waals surface area contributed by atoms with Gasteiger partial charge in [-0.25, -0.2) is 9.97 Å². The van der Waals surface area contributed by atoms with Gasteiger partial charge in [0.05, 0.1) is 12.2 Å². The van der Waals surface area contributed by atoms with Crippen molar-refractivity contribution >= 4 is 0 Å². The Hall–Kier alpha value is -1.74. The molecule has 0 atom stereocenters. The first kappa shape index (κ1) is 13.3. The Morgan fingerprint density at radius 1 is 1.10 bits per heavy atom. The van der Waals surface area contributed by atoms with Gasteiger partial charge in [-0.1, -0.05) is 17.7 Å². The van der Waals surface area contributed by atoms with E-state index in [0.29, 0.717) is 6.04 Å². The molecule has 1 aliphatic rings. The molecule has 20 heavy (non-hydrogen) atoms. The van der Waals surface area contributed by atoms with Crippen molar-refractivity contribution < 1.29 is 0 Å². The molecule has 3 nitrogen and oxygen atoms in total. The van der Waals surface area contributed by atoms with E-state index in [4.69, 9.17) is 4.98 Å². The lowest BCUT2D eigenvalue weighted by atomic mass is 10.0. The second-order valence-corrected chi connectivity index (χ2v) is 5.78. The Balaban J connectivity index is 1.93. The van der Waals surface area contributed by atoms with E-state index in [-0.39, 0.29) is 0 Å². The molecule has 1 aromatic heterocycles. The van der Waals surface area contributed by atoms with Crippen LogP contribution in [0.5, 0.6) is 0 Å². The van der Waals surface area contributed by atoms with E-state index in [2.05, 4.69) is 48.4 Å². The third-order valence-corrected chi connectivity index (χ3v) is 3.70. The van der Waals surface area contributed by atoms with Crippen LogP contribution in [0, 0.1) is 20.8 Å². The predicted molar refractivity (Wildman–Crippen MR) is 81.5 cm³/mol. The van der Waals surface area contributed by atoms with E-state index < -0.39 is 0 Å². The molecule has 0 spiro atoms. The summed E-state index contributed by atoms with van der Waals surface area (Å²) in [5.41, 5.74) is 5.80. The molecule has 104 valence electrons. The number of aromatic nitrogens is 2. The van der Waals surface area contributed by atoms with Crippen LogP contribution in [0.2, 0.25) is 0 Å². The van der Waals surface area contributed by atoms with Crippen molar-refractivity contribution in [1.29, 1.82) is 0 Å². The van der Waals surface area contributed by atoms with E-state index in [1.807, 2.05) is 6.92 Å². The van der Waals surface area contributed by atoms with Crippen LogP contribution in [0.15, 0.2) is 24.3 Å². The van der Waals surface area contributed by atoms with Gasteiger partial charge in [-0.15, -0.1) is 0 Å². The van der Waals surface area contributed by atoms with E-state index >= 15 is 0 Å². The number of nitrogens with zero attached hydrogens (tertiary/aromatic N) is 2. The maximum Gasteiger partial charge on any atom is 0.143 e. The molecule has 1 saturated carbocycles. The average molecular weight is 267 g/mol. The molecule has 1 fully saturated rings. The fourth-order valence-electron chi connectivity index (χ4n) is 2.38. The number of nitrogens with one attached hydrogen (secondary N) is 1. The molecule has 3 heteroatoms. The van der Waals surface area contributed by atoms with Crippen LogP contribution in [-0.4, -0.2) is 16.0 Å². The SMILES string of the molecule is Cc1ccc(C)c(-c2cc(C)nc(CNC3CC3)n2)c1. The zero-order valence-corrected chi connectivity index (χ0v) is 12.4. The molecule has 3 rings (SSSR count). The highest BCUT2D eigenvalue weighted by molar-refractivity contribution is 5.64. The third kappa shape index (κ3) is 3.05. The van der Waals surface area contributed by atoms with Crippen LogP contribution in [-0.2, 0) is 6.54 Å². The Kier molecular flexibility index (Phi) is 3.53. The van der Waals surface area contributed by atoms with E-state index in [0.717, 1.165) is 23.8 Å². The molecule has 1 heterocycles. The standard InChI is InChI=1S/C17H21N3/c1-11-4-5-12(2)15(8-11)16-9-13(3)19-17(20-16)10-18-14-6-7-14/h4-5,8-9,14,18H,6-7,10H2,1-3H3. The van der Waals surface area contributed by atoms with Gasteiger partial charge < -0.3 is 5.32 Å². The summed E-state index contributed by atoms with van der Waals surface area (Å²) in [5.74, 6) is 0.896. The van der Waals surface area contributed by atoms with Crippen molar-refractivity contribution in [2.75, 3.05) is 0 Å². The second kappa shape index (κ2) is 5.33. The van der Waals surface area contributed by atoms with E-state index in [1.54, 1.807) is 0 Å². The largest absolute Gasteiger partial charge is 0.307 e. The fraction of sp³-hybridized carbons (Fsp3) is 0.412. The van der Waals surface area contributed by atoms with Gasteiger partial charge in [-0.05, 0) is 51.3 Å². The molecule has 2 aromatic rings. The quantitative estimate of drug-likeness (QED) is 0.923. The van der Waals surface area contributed by atoms with Gasteiger partial charge in [0.2, 0.25) is 0 Å². The van der Waals surface area contributed by atoms with Gasteiger partial charge in [-0.3, -0.25) is 0 Å². The van der Waals surface area contributed by atoms with Gasteiger partial charge in [0.15, 0.2) is 0 Å². The maximum atomic E-state index is 4.73. The van der Waals surface area contributed by atoms with Gasteiger partial charge in [-0.2, -0.15) is 0 Å². The zero-order chi connectivity index (χ0) is 14.1. The van der Waals surface area contributed by atoms with Gasteiger partial charge in [0, 0.05) is 17.3 Å². The summed E-state index contributed by atoms with van der Waals surface area (Å²) < 4.78 is 0. The van der Waals surface area contributed by atoms with Crippen LogP contribution in [0.1, 0.15) is 35.5 Å². The molecule has 1 N–H and O–H groups in total.